The number of pyridine rings is 1. The van der Waals surface area contributed by atoms with E-state index in [1.807, 2.05) is 37.3 Å². The van der Waals surface area contributed by atoms with Crippen LogP contribution in [0.25, 0.3) is 11.1 Å². The third-order valence-corrected chi connectivity index (χ3v) is 4.38. The van der Waals surface area contributed by atoms with Gasteiger partial charge in [-0.1, -0.05) is 12.1 Å². The van der Waals surface area contributed by atoms with Gasteiger partial charge in [0.15, 0.2) is 0 Å². The number of hydrogen-bond acceptors (Lipinski definition) is 4. The monoisotopic (exact) mass is 364 g/mol. The second kappa shape index (κ2) is 7.76. The molecule has 3 rings (SSSR count). The Labute approximate surface area is 159 Å². The van der Waals surface area contributed by atoms with Crippen LogP contribution in [-0.2, 0) is 12.0 Å². The standard InChI is InChI=1S/C22H24N2O3/c1-15-4-9-20(27-15)10-11-24-21(25)17-7-5-16(6-8-17)18-12-19(14-23-13-18)22(2,3)26/h4-9,12-14,26H,10-11H2,1-3H3,(H,24,25). The van der Waals surface area contributed by atoms with Crippen molar-refractivity contribution in [2.45, 2.75) is 32.8 Å². The summed E-state index contributed by atoms with van der Waals surface area (Å²) in [6, 6.07) is 13.1. The van der Waals surface area contributed by atoms with Gasteiger partial charge in [0, 0.05) is 42.0 Å². The summed E-state index contributed by atoms with van der Waals surface area (Å²) in [5.74, 6) is 1.62. The van der Waals surface area contributed by atoms with Crippen molar-refractivity contribution in [2.75, 3.05) is 6.54 Å². The van der Waals surface area contributed by atoms with Gasteiger partial charge in [-0.15, -0.1) is 0 Å². The van der Waals surface area contributed by atoms with Crippen LogP contribution in [0.4, 0.5) is 0 Å². The molecule has 0 spiro atoms. The summed E-state index contributed by atoms with van der Waals surface area (Å²) in [5, 5.41) is 13.0. The number of aromatic nitrogens is 1. The minimum absolute atomic E-state index is 0.117. The number of amides is 1. The molecule has 0 bridgehead atoms. The van der Waals surface area contributed by atoms with Crippen molar-refractivity contribution in [2.24, 2.45) is 0 Å². The van der Waals surface area contributed by atoms with Gasteiger partial charge in [0.2, 0.25) is 0 Å². The van der Waals surface area contributed by atoms with Crippen LogP contribution in [0.1, 0.15) is 41.3 Å². The van der Waals surface area contributed by atoms with Gasteiger partial charge in [-0.2, -0.15) is 0 Å². The fraction of sp³-hybridized carbons (Fsp3) is 0.273. The summed E-state index contributed by atoms with van der Waals surface area (Å²) < 4.78 is 5.49. The zero-order valence-corrected chi connectivity index (χ0v) is 15.8. The Kier molecular flexibility index (Phi) is 5.42. The molecule has 2 N–H and O–H groups in total. The first-order valence-electron chi connectivity index (χ1n) is 8.95. The van der Waals surface area contributed by atoms with E-state index in [2.05, 4.69) is 10.3 Å². The summed E-state index contributed by atoms with van der Waals surface area (Å²) in [6.07, 6.45) is 4.06. The average molecular weight is 364 g/mol. The van der Waals surface area contributed by atoms with E-state index in [9.17, 15) is 9.90 Å². The molecule has 0 saturated heterocycles. The summed E-state index contributed by atoms with van der Waals surface area (Å²) in [5.41, 5.74) is 2.23. The fourth-order valence-corrected chi connectivity index (χ4v) is 2.77. The minimum atomic E-state index is -0.949. The largest absolute Gasteiger partial charge is 0.466 e. The molecule has 0 unspecified atom stereocenters. The Morgan fingerprint density at radius 1 is 1.11 bits per heavy atom. The number of rotatable bonds is 6. The van der Waals surface area contributed by atoms with Crippen molar-refractivity contribution in [1.82, 2.24) is 10.3 Å². The lowest BCUT2D eigenvalue weighted by Gasteiger charge is -2.18. The van der Waals surface area contributed by atoms with Crippen LogP contribution in [0, 0.1) is 6.92 Å². The van der Waals surface area contributed by atoms with Crippen LogP contribution in [-0.4, -0.2) is 22.5 Å². The Bertz CT molecular complexity index is 921. The Balaban J connectivity index is 1.63. The van der Waals surface area contributed by atoms with Crippen molar-refractivity contribution in [3.63, 3.8) is 0 Å². The Hall–Kier alpha value is -2.92. The Morgan fingerprint density at radius 2 is 1.85 bits per heavy atom. The molecule has 1 amide bonds. The van der Waals surface area contributed by atoms with Gasteiger partial charge in [-0.3, -0.25) is 9.78 Å². The molecule has 5 heteroatoms. The van der Waals surface area contributed by atoms with Crippen molar-refractivity contribution < 1.29 is 14.3 Å². The number of benzene rings is 1. The predicted molar refractivity (Wildman–Crippen MR) is 104 cm³/mol. The number of aliphatic hydroxyl groups is 1. The molecule has 0 aliphatic carbocycles. The smallest absolute Gasteiger partial charge is 0.251 e. The first-order valence-corrected chi connectivity index (χ1v) is 8.95. The molecule has 0 fully saturated rings. The average Bonchev–Trinajstić information content (AvgIpc) is 3.06. The highest BCUT2D eigenvalue weighted by atomic mass is 16.3. The number of nitrogens with one attached hydrogen (secondary N) is 1. The molecule has 0 aliphatic heterocycles. The maximum atomic E-state index is 12.3. The molecule has 140 valence electrons. The van der Waals surface area contributed by atoms with Crippen LogP contribution in [0.2, 0.25) is 0 Å². The Morgan fingerprint density at radius 3 is 2.48 bits per heavy atom. The van der Waals surface area contributed by atoms with Crippen LogP contribution in [0.15, 0.2) is 59.3 Å². The van der Waals surface area contributed by atoms with E-state index in [1.54, 1.807) is 38.4 Å². The molecule has 3 aromatic rings. The van der Waals surface area contributed by atoms with Crippen LogP contribution < -0.4 is 5.32 Å². The van der Waals surface area contributed by atoms with E-state index in [1.165, 1.54) is 0 Å². The van der Waals surface area contributed by atoms with Gasteiger partial charge in [0.1, 0.15) is 11.5 Å². The third kappa shape index (κ3) is 4.83. The highest BCUT2D eigenvalue weighted by Gasteiger charge is 2.17. The molecule has 1 aromatic carbocycles. The third-order valence-electron chi connectivity index (χ3n) is 4.38. The van der Waals surface area contributed by atoms with Gasteiger partial charge in [0.25, 0.3) is 5.91 Å². The maximum absolute atomic E-state index is 12.3. The SMILES string of the molecule is Cc1ccc(CCNC(=O)c2ccc(-c3cncc(C(C)(C)O)c3)cc2)o1. The lowest BCUT2D eigenvalue weighted by Crippen LogP contribution is -2.25. The maximum Gasteiger partial charge on any atom is 0.251 e. The fourth-order valence-electron chi connectivity index (χ4n) is 2.77. The zero-order valence-electron chi connectivity index (χ0n) is 15.8. The van der Waals surface area contributed by atoms with Crippen LogP contribution in [0.5, 0.6) is 0 Å². The number of carbonyl (C=O) groups is 1. The van der Waals surface area contributed by atoms with Crippen molar-refractivity contribution in [3.8, 4) is 11.1 Å². The zero-order chi connectivity index (χ0) is 19.4. The van der Waals surface area contributed by atoms with E-state index in [4.69, 9.17) is 4.42 Å². The van der Waals surface area contributed by atoms with Gasteiger partial charge < -0.3 is 14.8 Å². The van der Waals surface area contributed by atoms with Crippen molar-refractivity contribution >= 4 is 5.91 Å². The van der Waals surface area contributed by atoms with E-state index >= 15 is 0 Å². The number of nitrogens with zero attached hydrogens (tertiary/aromatic N) is 1. The summed E-state index contributed by atoms with van der Waals surface area (Å²) >= 11 is 0. The lowest BCUT2D eigenvalue weighted by atomic mass is 9.96. The molecule has 2 aromatic heterocycles. The van der Waals surface area contributed by atoms with Crippen molar-refractivity contribution in [1.29, 1.82) is 0 Å². The molecule has 27 heavy (non-hydrogen) atoms. The van der Waals surface area contributed by atoms with E-state index in [-0.39, 0.29) is 5.91 Å². The van der Waals surface area contributed by atoms with E-state index in [0.717, 1.165) is 28.2 Å². The second-order valence-electron chi connectivity index (χ2n) is 7.12. The van der Waals surface area contributed by atoms with Gasteiger partial charge in [-0.05, 0) is 56.7 Å². The number of carbonyl (C=O) groups excluding carboxylic acids is 1. The highest BCUT2D eigenvalue weighted by molar-refractivity contribution is 5.94. The van der Waals surface area contributed by atoms with E-state index in [0.29, 0.717) is 18.5 Å². The quantitative estimate of drug-likeness (QED) is 0.697. The van der Waals surface area contributed by atoms with E-state index < -0.39 is 5.60 Å². The second-order valence-corrected chi connectivity index (χ2v) is 7.12. The molecule has 0 radical (unpaired) electrons. The molecule has 0 atom stereocenters. The van der Waals surface area contributed by atoms with Crippen LogP contribution >= 0.6 is 0 Å². The molecule has 0 aliphatic rings. The number of aryl methyl sites for hydroxylation is 1. The molecule has 0 saturated carbocycles. The predicted octanol–water partition coefficient (Wildman–Crippen LogP) is 3.85. The molecular formula is C22H24N2O3. The first-order chi connectivity index (χ1) is 12.8. The number of furan rings is 1. The van der Waals surface area contributed by atoms with Crippen molar-refractivity contribution in [3.05, 3.63) is 77.5 Å². The summed E-state index contributed by atoms with van der Waals surface area (Å²) in [4.78, 5) is 16.5. The number of hydrogen-bond donors (Lipinski definition) is 2. The van der Waals surface area contributed by atoms with Gasteiger partial charge >= 0.3 is 0 Å². The molecule has 5 nitrogen and oxygen atoms in total. The first kappa shape index (κ1) is 18.9. The lowest BCUT2D eigenvalue weighted by molar-refractivity contribution is 0.0782. The molecule has 2 heterocycles. The highest BCUT2D eigenvalue weighted by Crippen LogP contribution is 2.25. The molecular weight excluding hydrogens is 340 g/mol. The van der Waals surface area contributed by atoms with Gasteiger partial charge in [0.05, 0.1) is 5.60 Å². The summed E-state index contributed by atoms with van der Waals surface area (Å²) in [6.45, 7) is 5.87. The topological polar surface area (TPSA) is 75.4 Å². The van der Waals surface area contributed by atoms with Gasteiger partial charge in [-0.25, -0.2) is 0 Å². The van der Waals surface area contributed by atoms with Crippen LogP contribution in [0.3, 0.4) is 0 Å². The summed E-state index contributed by atoms with van der Waals surface area (Å²) in [7, 11) is 0. The normalized spacial score (nSPS) is 11.4. The minimum Gasteiger partial charge on any atom is -0.466 e.